The molecule has 3 aromatic rings. The molecule has 0 spiro atoms. The number of rotatable bonds is 3. The van der Waals surface area contributed by atoms with Crippen LogP contribution in [0.1, 0.15) is 31.0 Å². The molecule has 2 fully saturated rings. The normalized spacial score (nSPS) is 22.7. The summed E-state index contributed by atoms with van der Waals surface area (Å²) >= 11 is 0. The number of hydrogen-bond acceptors (Lipinski definition) is 6. The first kappa shape index (κ1) is 19.0. The fraction of sp³-hybridized carbons (Fsp3) is 0.429. The lowest BCUT2D eigenvalue weighted by atomic mass is 10.1. The minimum Gasteiger partial charge on any atom is -0.338 e. The first-order valence-corrected chi connectivity index (χ1v) is 10.2. The lowest BCUT2D eigenvalue weighted by Crippen LogP contribution is -2.50. The minimum absolute atomic E-state index is 0.190. The number of hydrogen-bond donors (Lipinski definition) is 1. The van der Waals surface area contributed by atoms with E-state index in [9.17, 15) is 13.6 Å². The average Bonchev–Trinajstić information content (AvgIpc) is 3.25. The molecule has 2 aliphatic rings. The van der Waals surface area contributed by atoms with Crippen LogP contribution in [0.4, 0.5) is 14.7 Å². The van der Waals surface area contributed by atoms with Gasteiger partial charge < -0.3 is 9.88 Å². The molecule has 2 aromatic heterocycles. The second kappa shape index (κ2) is 7.71. The summed E-state index contributed by atoms with van der Waals surface area (Å²) < 4.78 is 26.4. The van der Waals surface area contributed by atoms with E-state index in [0.717, 1.165) is 45.4 Å². The summed E-state index contributed by atoms with van der Waals surface area (Å²) in [5, 5.41) is 0.285. The fourth-order valence-electron chi connectivity index (χ4n) is 4.62. The third kappa shape index (κ3) is 3.65. The largest absolute Gasteiger partial charge is 0.338 e. The van der Waals surface area contributed by atoms with Crippen LogP contribution in [0.5, 0.6) is 0 Å². The molecule has 1 aliphatic heterocycles. The van der Waals surface area contributed by atoms with Gasteiger partial charge in [0.2, 0.25) is 5.95 Å². The molecular weight excluding hydrogens is 390 g/mol. The molecule has 1 aromatic carbocycles. The zero-order valence-corrected chi connectivity index (χ0v) is 16.4. The summed E-state index contributed by atoms with van der Waals surface area (Å²) in [6.45, 7) is 3.37. The van der Waals surface area contributed by atoms with Crippen molar-refractivity contribution in [3.05, 3.63) is 58.4 Å². The van der Waals surface area contributed by atoms with Gasteiger partial charge in [0.15, 0.2) is 5.82 Å². The average molecular weight is 412 g/mol. The van der Waals surface area contributed by atoms with Crippen LogP contribution in [0.15, 0.2) is 35.4 Å². The first-order chi connectivity index (χ1) is 14.6. The van der Waals surface area contributed by atoms with Crippen LogP contribution >= 0.6 is 0 Å². The topological polar surface area (TPSA) is 78.0 Å². The molecule has 9 heteroatoms. The van der Waals surface area contributed by atoms with E-state index in [4.69, 9.17) is 0 Å². The first-order valence-electron chi connectivity index (χ1n) is 10.2. The molecule has 3 heterocycles. The monoisotopic (exact) mass is 412 g/mol. The standard InChI is InChI=1S/C21H22F2N6O/c22-14-2-4-18-17(10-14)20(30)27-19(26-18)13-1-3-16(9-13)28-5-7-29(8-6-28)21-24-11-15(23)12-25-21/h2,4,10-13,16H,1,3,5-9H2,(H,26,27,30). The van der Waals surface area contributed by atoms with Crippen molar-refractivity contribution in [3.63, 3.8) is 0 Å². The Labute approximate surface area is 171 Å². The van der Waals surface area contributed by atoms with Crippen LogP contribution in [0.3, 0.4) is 0 Å². The van der Waals surface area contributed by atoms with E-state index in [1.807, 2.05) is 0 Å². The molecule has 7 nitrogen and oxygen atoms in total. The molecule has 1 aliphatic carbocycles. The van der Waals surface area contributed by atoms with Gasteiger partial charge in [0, 0.05) is 38.1 Å². The Morgan fingerprint density at radius 1 is 1.00 bits per heavy atom. The van der Waals surface area contributed by atoms with Crippen LogP contribution in [0.25, 0.3) is 10.9 Å². The lowest BCUT2D eigenvalue weighted by Gasteiger charge is -2.38. The van der Waals surface area contributed by atoms with Crippen molar-refractivity contribution in [2.45, 2.75) is 31.2 Å². The van der Waals surface area contributed by atoms with Crippen LogP contribution in [0, 0.1) is 11.6 Å². The summed E-state index contributed by atoms with van der Waals surface area (Å²) in [4.78, 5) is 32.5. The zero-order chi connectivity index (χ0) is 20.7. The Morgan fingerprint density at radius 2 is 1.77 bits per heavy atom. The van der Waals surface area contributed by atoms with E-state index >= 15 is 0 Å². The van der Waals surface area contributed by atoms with Gasteiger partial charge in [0.05, 0.1) is 23.3 Å². The molecule has 1 saturated heterocycles. The van der Waals surface area contributed by atoms with Crippen molar-refractivity contribution in [2.24, 2.45) is 0 Å². The molecule has 1 saturated carbocycles. The van der Waals surface area contributed by atoms with Crippen molar-refractivity contribution >= 4 is 16.9 Å². The lowest BCUT2D eigenvalue weighted by molar-refractivity contribution is 0.185. The molecule has 0 amide bonds. The zero-order valence-electron chi connectivity index (χ0n) is 16.4. The van der Waals surface area contributed by atoms with Crippen molar-refractivity contribution in [2.75, 3.05) is 31.1 Å². The van der Waals surface area contributed by atoms with Crippen molar-refractivity contribution < 1.29 is 8.78 Å². The van der Waals surface area contributed by atoms with Crippen LogP contribution < -0.4 is 10.5 Å². The number of nitrogens with zero attached hydrogens (tertiary/aromatic N) is 5. The predicted octanol–water partition coefficient (Wildman–Crippen LogP) is 2.45. The molecule has 0 radical (unpaired) electrons. The quantitative estimate of drug-likeness (QED) is 0.712. The number of anilines is 1. The van der Waals surface area contributed by atoms with E-state index in [2.05, 4.69) is 29.7 Å². The highest BCUT2D eigenvalue weighted by Gasteiger charge is 2.33. The van der Waals surface area contributed by atoms with Crippen molar-refractivity contribution in [3.8, 4) is 0 Å². The number of piperazine rings is 1. The third-order valence-corrected chi connectivity index (χ3v) is 6.20. The van der Waals surface area contributed by atoms with Gasteiger partial charge in [0.1, 0.15) is 11.6 Å². The number of H-pyrrole nitrogens is 1. The number of fused-ring (bicyclic) bond motifs is 1. The van der Waals surface area contributed by atoms with Crippen LogP contribution in [-0.4, -0.2) is 57.1 Å². The second-order valence-corrected chi connectivity index (χ2v) is 8.00. The highest BCUT2D eigenvalue weighted by atomic mass is 19.1. The molecule has 1 N–H and O–H groups in total. The number of benzene rings is 1. The maximum Gasteiger partial charge on any atom is 0.258 e. The number of aromatic amines is 1. The van der Waals surface area contributed by atoms with Gasteiger partial charge in [-0.05, 0) is 37.5 Å². The Balaban J connectivity index is 1.24. The fourth-order valence-corrected chi connectivity index (χ4v) is 4.62. The summed E-state index contributed by atoms with van der Waals surface area (Å²) in [5.74, 6) is 0.582. The summed E-state index contributed by atoms with van der Waals surface area (Å²) in [6, 6.07) is 4.56. The van der Waals surface area contributed by atoms with Crippen molar-refractivity contribution in [1.82, 2.24) is 24.8 Å². The number of nitrogens with one attached hydrogen (secondary N) is 1. The predicted molar refractivity (Wildman–Crippen MR) is 108 cm³/mol. The Bertz CT molecular complexity index is 1110. The molecule has 30 heavy (non-hydrogen) atoms. The molecule has 5 rings (SSSR count). The van der Waals surface area contributed by atoms with Crippen LogP contribution in [0.2, 0.25) is 0 Å². The second-order valence-electron chi connectivity index (χ2n) is 8.00. The Kier molecular flexibility index (Phi) is 4.90. The maximum absolute atomic E-state index is 13.4. The Morgan fingerprint density at radius 3 is 2.53 bits per heavy atom. The Hall–Kier alpha value is -2.94. The maximum atomic E-state index is 13.4. The SMILES string of the molecule is O=c1[nH]c(C2CCC(N3CCN(c4ncc(F)cn4)CC3)C2)nc2ccc(F)cc12. The highest BCUT2D eigenvalue weighted by Crippen LogP contribution is 2.36. The van der Waals surface area contributed by atoms with E-state index in [-0.39, 0.29) is 16.9 Å². The highest BCUT2D eigenvalue weighted by molar-refractivity contribution is 5.77. The van der Waals surface area contributed by atoms with Gasteiger partial charge in [-0.1, -0.05) is 0 Å². The molecule has 2 unspecified atom stereocenters. The van der Waals surface area contributed by atoms with Gasteiger partial charge in [-0.2, -0.15) is 0 Å². The molecular formula is C21H22F2N6O. The van der Waals surface area contributed by atoms with Crippen LogP contribution in [-0.2, 0) is 0 Å². The summed E-state index contributed by atoms with van der Waals surface area (Å²) in [7, 11) is 0. The molecule has 0 bridgehead atoms. The minimum atomic E-state index is -0.436. The van der Waals surface area contributed by atoms with E-state index in [0.29, 0.717) is 23.3 Å². The molecule has 156 valence electrons. The van der Waals surface area contributed by atoms with Crippen molar-refractivity contribution in [1.29, 1.82) is 0 Å². The van der Waals surface area contributed by atoms with Gasteiger partial charge in [-0.25, -0.2) is 23.7 Å². The number of halogens is 2. The van der Waals surface area contributed by atoms with E-state index in [1.165, 1.54) is 24.5 Å². The number of aromatic nitrogens is 4. The van der Waals surface area contributed by atoms with Gasteiger partial charge in [0.25, 0.3) is 5.56 Å². The van der Waals surface area contributed by atoms with Gasteiger partial charge in [-0.15, -0.1) is 0 Å². The van der Waals surface area contributed by atoms with E-state index in [1.54, 1.807) is 6.07 Å². The van der Waals surface area contributed by atoms with Gasteiger partial charge in [-0.3, -0.25) is 9.69 Å². The van der Waals surface area contributed by atoms with Gasteiger partial charge >= 0.3 is 0 Å². The summed E-state index contributed by atoms with van der Waals surface area (Å²) in [6.07, 6.45) is 5.33. The smallest absolute Gasteiger partial charge is 0.258 e. The molecule has 2 atom stereocenters. The third-order valence-electron chi connectivity index (χ3n) is 6.20. The summed E-state index contributed by atoms with van der Waals surface area (Å²) in [5.41, 5.74) is 0.248. The van der Waals surface area contributed by atoms with E-state index < -0.39 is 11.6 Å².